The fraction of sp³-hybridized carbons (Fsp3) is 0.367. The van der Waals surface area contributed by atoms with Crippen molar-refractivity contribution in [3.63, 3.8) is 0 Å². The number of β-amino-alcohol motifs (C(OH)–C–C–N with tert-alkyl or cyclic N) is 1. The van der Waals surface area contributed by atoms with Crippen molar-refractivity contribution in [3.8, 4) is 38.8 Å². The number of aliphatic hydroxyl groups is 1. The van der Waals surface area contributed by atoms with Gasteiger partial charge in [0.15, 0.2) is 0 Å². The van der Waals surface area contributed by atoms with Gasteiger partial charge in [-0.25, -0.2) is 4.98 Å². The van der Waals surface area contributed by atoms with Crippen LogP contribution in [0.5, 0.6) is 5.75 Å². The van der Waals surface area contributed by atoms with E-state index in [0.717, 1.165) is 70.8 Å². The number of aromatic hydroxyl groups is 1. The number of phenolic OH excluding ortho intramolecular Hbond substituents is 1. The minimum absolute atomic E-state index is 0.0485. The van der Waals surface area contributed by atoms with Crippen molar-refractivity contribution in [1.29, 1.82) is 0 Å². The van der Waals surface area contributed by atoms with Gasteiger partial charge in [0.05, 0.1) is 45.1 Å². The second-order valence-corrected chi connectivity index (χ2v) is 18.7. The van der Waals surface area contributed by atoms with Crippen LogP contribution in [0.15, 0.2) is 95.1 Å². The molecule has 2 aromatic carbocycles. The summed E-state index contributed by atoms with van der Waals surface area (Å²) < 4.78 is 8.37. The molecule has 328 valence electrons. The van der Waals surface area contributed by atoms with Crippen molar-refractivity contribution in [3.05, 3.63) is 113 Å². The van der Waals surface area contributed by atoms with Crippen molar-refractivity contribution in [2.45, 2.75) is 89.4 Å². The van der Waals surface area contributed by atoms with Crippen LogP contribution in [0.3, 0.4) is 0 Å². The highest BCUT2D eigenvalue weighted by atomic mass is 32.1. The van der Waals surface area contributed by atoms with Crippen molar-refractivity contribution in [2.75, 3.05) is 24.5 Å². The number of nitrogens with one attached hydrogen (secondary N) is 1. The number of anilines is 1. The van der Waals surface area contributed by atoms with Gasteiger partial charge in [-0.2, -0.15) is 0 Å². The summed E-state index contributed by atoms with van der Waals surface area (Å²) in [4.78, 5) is 42.2. The number of benzene rings is 2. The van der Waals surface area contributed by atoms with Gasteiger partial charge in [0.2, 0.25) is 11.8 Å². The molecular formula is C49H51N9O5S. The number of carbonyl (C=O) groups excluding carboxylic acids is 2. The van der Waals surface area contributed by atoms with Gasteiger partial charge in [0.25, 0.3) is 0 Å². The Bertz CT molecular complexity index is 2850. The number of aromatic nitrogens is 6. The highest BCUT2D eigenvalue weighted by molar-refractivity contribution is 7.13. The maximum absolute atomic E-state index is 14.4. The van der Waals surface area contributed by atoms with E-state index in [0.29, 0.717) is 34.4 Å². The molecular weight excluding hydrogens is 827 g/mol. The zero-order chi connectivity index (χ0) is 44.2. The zero-order valence-corrected chi connectivity index (χ0v) is 37.1. The third kappa shape index (κ3) is 7.91. The predicted octanol–water partition coefficient (Wildman–Crippen LogP) is 8.19. The van der Waals surface area contributed by atoms with Gasteiger partial charge in [0, 0.05) is 67.2 Å². The number of aryl methyl sites for hydroxylation is 1. The summed E-state index contributed by atoms with van der Waals surface area (Å²) in [5.41, 5.74) is 11.5. The first-order valence-electron chi connectivity index (χ1n) is 22.1. The van der Waals surface area contributed by atoms with Gasteiger partial charge < -0.3 is 34.4 Å². The Hall–Kier alpha value is -6.45. The van der Waals surface area contributed by atoms with Crippen molar-refractivity contribution in [2.24, 2.45) is 5.92 Å². The number of hydrogen-bond donors (Lipinski definition) is 3. The molecule has 2 saturated heterocycles. The number of likely N-dealkylation sites (tertiary alicyclic amines) is 1. The highest BCUT2D eigenvalue weighted by Gasteiger charge is 2.44. The van der Waals surface area contributed by atoms with Gasteiger partial charge in [0.1, 0.15) is 34.7 Å². The molecule has 0 radical (unpaired) electrons. The Kier molecular flexibility index (Phi) is 11.0. The molecule has 14 nitrogen and oxygen atoms in total. The average molecular weight is 878 g/mol. The Balaban J connectivity index is 0.830. The summed E-state index contributed by atoms with van der Waals surface area (Å²) in [6.07, 6.45) is 4.31. The first kappa shape index (κ1) is 41.6. The van der Waals surface area contributed by atoms with E-state index in [4.69, 9.17) is 4.52 Å². The van der Waals surface area contributed by atoms with Gasteiger partial charge in [-0.1, -0.05) is 55.4 Å². The van der Waals surface area contributed by atoms with Crippen LogP contribution in [0.2, 0.25) is 0 Å². The molecule has 15 heteroatoms. The van der Waals surface area contributed by atoms with Gasteiger partial charge in [-0.15, -0.1) is 21.5 Å². The second kappa shape index (κ2) is 16.9. The number of carbonyl (C=O) groups is 2. The lowest BCUT2D eigenvalue weighted by Gasteiger charge is -2.29. The molecule has 2 amide bonds. The van der Waals surface area contributed by atoms with Crippen LogP contribution in [0.1, 0.15) is 93.1 Å². The molecule has 2 aliphatic heterocycles. The average Bonchev–Trinajstić information content (AvgIpc) is 3.81. The van der Waals surface area contributed by atoms with Crippen LogP contribution >= 0.6 is 11.3 Å². The standard InChI is InChI=1S/C49H51N9O5S/c1-27(2)46(49(62)57-25-35(59)20-43(57)48(61)52-28(3)30-9-11-31(12-10-30)47-29(4)51-26-64-47)45-23-39(55-63-45)38-19-34(15-17-50-38)56-18-16-32(24-56)41-22-40-42(58(41)33-13-14-33)21-37(53-54-40)36-7-5-6-8-44(36)60/h5-12,15,17,19,21-23,26-28,32-33,35,43,46,59-60H,13-14,16,18,20,24-25H2,1-4H3,(H,52,61)/t28-,32+,35+,43-,46?/m0/s1. The molecule has 3 N–H and O–H groups in total. The number of hydrogen-bond acceptors (Lipinski definition) is 12. The fourth-order valence-electron chi connectivity index (χ4n) is 9.58. The summed E-state index contributed by atoms with van der Waals surface area (Å²) in [6, 6.07) is 24.6. The molecule has 1 aliphatic carbocycles. The molecule has 3 fully saturated rings. The van der Waals surface area contributed by atoms with Gasteiger partial charge in [-0.05, 0) is 86.6 Å². The summed E-state index contributed by atoms with van der Waals surface area (Å²) in [5, 5.41) is 37.9. The van der Waals surface area contributed by atoms with E-state index in [-0.39, 0.29) is 48.4 Å². The Labute approximate surface area is 375 Å². The largest absolute Gasteiger partial charge is 0.507 e. The van der Waals surface area contributed by atoms with Crippen LogP contribution in [0.25, 0.3) is 44.1 Å². The number of para-hydroxylation sites is 1. The smallest absolute Gasteiger partial charge is 0.243 e. The third-order valence-corrected chi connectivity index (χ3v) is 14.1. The molecule has 64 heavy (non-hydrogen) atoms. The molecule has 5 atom stereocenters. The lowest BCUT2D eigenvalue weighted by molar-refractivity contribution is -0.141. The molecule has 1 unspecified atom stereocenters. The quantitative estimate of drug-likeness (QED) is 0.108. The summed E-state index contributed by atoms with van der Waals surface area (Å²) in [6.45, 7) is 9.51. The van der Waals surface area contributed by atoms with Crippen molar-refractivity contribution >= 4 is 39.9 Å². The monoisotopic (exact) mass is 877 g/mol. The molecule has 1 saturated carbocycles. The van der Waals surface area contributed by atoms with Crippen molar-refractivity contribution in [1.82, 2.24) is 40.1 Å². The van der Waals surface area contributed by atoms with E-state index in [1.165, 1.54) is 10.6 Å². The highest BCUT2D eigenvalue weighted by Crippen LogP contribution is 2.44. The number of thiazole rings is 1. The van der Waals surface area contributed by atoms with E-state index >= 15 is 0 Å². The normalized spacial score (nSPS) is 19.8. The molecule has 0 spiro atoms. The van der Waals surface area contributed by atoms with Crippen molar-refractivity contribution < 1.29 is 24.3 Å². The minimum Gasteiger partial charge on any atom is -0.507 e. The predicted molar refractivity (Wildman–Crippen MR) is 245 cm³/mol. The number of pyridine rings is 1. The molecule has 10 rings (SSSR count). The molecule has 7 heterocycles. The SMILES string of the molecule is Cc1ncsc1-c1ccc([C@H](C)NC(=O)[C@@H]2C[C@@H](O)CN2C(=O)C(c2cc(-c3cc(N4CC[C@@H](c5cc6nnc(-c7ccccc7O)cc6n5C5CC5)C4)ccn3)no2)C(C)C)cc1. The van der Waals surface area contributed by atoms with E-state index in [9.17, 15) is 19.8 Å². The Morgan fingerprint density at radius 2 is 1.72 bits per heavy atom. The molecule has 3 aliphatic rings. The zero-order valence-electron chi connectivity index (χ0n) is 36.3. The maximum atomic E-state index is 14.4. The van der Waals surface area contributed by atoms with Crippen LogP contribution in [-0.2, 0) is 9.59 Å². The van der Waals surface area contributed by atoms with E-state index in [1.54, 1.807) is 35.7 Å². The Morgan fingerprint density at radius 3 is 2.47 bits per heavy atom. The summed E-state index contributed by atoms with van der Waals surface area (Å²) >= 11 is 1.59. The molecule has 7 aromatic rings. The van der Waals surface area contributed by atoms with Crippen LogP contribution in [0, 0.1) is 12.8 Å². The maximum Gasteiger partial charge on any atom is 0.243 e. The third-order valence-electron chi connectivity index (χ3n) is 13.1. The number of phenols is 1. The summed E-state index contributed by atoms with van der Waals surface area (Å²) in [5.74, 6) is -0.683. The first-order chi connectivity index (χ1) is 31.0. The first-order valence-corrected chi connectivity index (χ1v) is 23.0. The van der Waals surface area contributed by atoms with E-state index in [2.05, 4.69) is 52.2 Å². The fourth-order valence-corrected chi connectivity index (χ4v) is 10.4. The number of fused-ring (bicyclic) bond motifs is 1. The van der Waals surface area contributed by atoms with Gasteiger partial charge >= 0.3 is 0 Å². The number of nitrogens with zero attached hydrogens (tertiary/aromatic N) is 8. The lowest BCUT2D eigenvalue weighted by atomic mass is 9.91. The second-order valence-electron chi connectivity index (χ2n) is 17.9. The number of amides is 2. The van der Waals surface area contributed by atoms with Crippen LogP contribution in [0.4, 0.5) is 5.69 Å². The van der Waals surface area contributed by atoms with E-state index < -0.39 is 18.1 Å². The molecule has 5 aromatic heterocycles. The Morgan fingerprint density at radius 1 is 0.906 bits per heavy atom. The topological polar surface area (TPSA) is 176 Å². The molecule has 0 bridgehead atoms. The lowest BCUT2D eigenvalue weighted by Crippen LogP contribution is -2.48. The van der Waals surface area contributed by atoms with E-state index in [1.807, 2.05) is 81.7 Å². The van der Waals surface area contributed by atoms with Crippen LogP contribution in [-0.4, -0.2) is 88.6 Å². The summed E-state index contributed by atoms with van der Waals surface area (Å²) in [7, 11) is 0. The minimum atomic E-state index is -0.838. The number of rotatable bonds is 12. The van der Waals surface area contributed by atoms with Crippen LogP contribution < -0.4 is 10.2 Å². The van der Waals surface area contributed by atoms with Gasteiger partial charge in [-0.3, -0.25) is 14.6 Å². The number of aliphatic hydroxyl groups excluding tert-OH is 1.